The minimum Gasteiger partial charge on any atom is -0.465 e. The monoisotopic (exact) mass is 261 g/mol. The number of rotatable bonds is 5. The number of ether oxygens (including phenoxy) is 1. The molecule has 100 valence electrons. The van der Waals surface area contributed by atoms with E-state index in [-0.39, 0.29) is 12.2 Å². The van der Waals surface area contributed by atoms with Gasteiger partial charge in [0.05, 0.1) is 25.5 Å². The average Bonchev–Trinajstić information content (AvgIpc) is 2.37. The lowest BCUT2D eigenvalue weighted by Crippen LogP contribution is -2.23. The van der Waals surface area contributed by atoms with Gasteiger partial charge in [0.1, 0.15) is 11.4 Å². The van der Waals surface area contributed by atoms with Gasteiger partial charge in [-0.25, -0.2) is 13.6 Å². The van der Waals surface area contributed by atoms with E-state index < -0.39 is 35.9 Å². The molecule has 1 aromatic rings. The van der Waals surface area contributed by atoms with Crippen LogP contribution in [0.1, 0.15) is 10.4 Å². The summed E-state index contributed by atoms with van der Waals surface area (Å²) in [7, 11) is 1.01. The van der Waals surface area contributed by atoms with Crippen molar-refractivity contribution < 1.29 is 28.5 Å². The molecule has 0 aliphatic rings. The summed E-state index contributed by atoms with van der Waals surface area (Å²) in [4.78, 5) is 11.2. The van der Waals surface area contributed by atoms with Crippen molar-refractivity contribution in [2.75, 3.05) is 25.6 Å². The van der Waals surface area contributed by atoms with Crippen molar-refractivity contribution in [1.29, 1.82) is 0 Å². The second-order valence-electron chi connectivity index (χ2n) is 3.49. The maximum absolute atomic E-state index is 13.8. The molecule has 0 aromatic heterocycles. The normalized spacial score (nSPS) is 12.1. The predicted molar refractivity (Wildman–Crippen MR) is 59.3 cm³/mol. The Bertz CT molecular complexity index is 439. The van der Waals surface area contributed by atoms with Crippen LogP contribution in [-0.4, -0.2) is 42.5 Å². The highest BCUT2D eigenvalue weighted by molar-refractivity contribution is 5.91. The third-order valence-corrected chi connectivity index (χ3v) is 2.22. The molecule has 0 amide bonds. The SMILES string of the molecule is COC(=O)c1c(F)ccc(NCC(O)CO)c1F. The molecule has 0 saturated heterocycles. The number of nitrogens with one attached hydrogen (secondary N) is 1. The third kappa shape index (κ3) is 3.14. The molecule has 0 aliphatic heterocycles. The highest BCUT2D eigenvalue weighted by Gasteiger charge is 2.21. The van der Waals surface area contributed by atoms with Gasteiger partial charge in [0, 0.05) is 6.54 Å². The van der Waals surface area contributed by atoms with Crippen molar-refractivity contribution in [2.45, 2.75) is 6.10 Å². The minimum atomic E-state index is -1.13. The first-order chi connectivity index (χ1) is 8.51. The molecule has 0 saturated carbocycles. The number of carbonyl (C=O) groups excluding carboxylic acids is 1. The fraction of sp³-hybridized carbons (Fsp3) is 0.364. The number of methoxy groups -OCH3 is 1. The summed E-state index contributed by atoms with van der Waals surface area (Å²) in [5, 5.41) is 20.1. The second-order valence-corrected chi connectivity index (χ2v) is 3.49. The standard InChI is InChI=1S/C11H13F2NO4/c1-18-11(17)9-7(12)2-3-8(10(9)13)14-4-6(16)5-15/h2-3,6,14-16H,4-5H2,1H3. The molecule has 0 aliphatic carbocycles. The summed E-state index contributed by atoms with van der Waals surface area (Å²) in [6.45, 7) is -0.640. The lowest BCUT2D eigenvalue weighted by molar-refractivity contribution is 0.0590. The third-order valence-electron chi connectivity index (χ3n) is 2.22. The zero-order valence-electron chi connectivity index (χ0n) is 9.61. The van der Waals surface area contributed by atoms with Gasteiger partial charge in [-0.3, -0.25) is 0 Å². The summed E-state index contributed by atoms with van der Waals surface area (Å²) in [5.74, 6) is -3.27. The molecule has 0 spiro atoms. The number of carbonyl (C=O) groups is 1. The van der Waals surface area contributed by atoms with Gasteiger partial charge in [-0.1, -0.05) is 0 Å². The molecule has 0 radical (unpaired) electrons. The topological polar surface area (TPSA) is 78.8 Å². The smallest absolute Gasteiger partial charge is 0.343 e. The van der Waals surface area contributed by atoms with Crippen molar-refractivity contribution >= 4 is 11.7 Å². The molecule has 0 bridgehead atoms. The molecule has 0 fully saturated rings. The van der Waals surface area contributed by atoms with E-state index in [9.17, 15) is 13.6 Å². The van der Waals surface area contributed by atoms with E-state index in [0.717, 1.165) is 19.2 Å². The van der Waals surface area contributed by atoms with Crippen LogP contribution in [0.15, 0.2) is 12.1 Å². The molecule has 7 heteroatoms. The van der Waals surface area contributed by atoms with E-state index >= 15 is 0 Å². The molecular formula is C11H13F2NO4. The maximum atomic E-state index is 13.8. The van der Waals surface area contributed by atoms with Crippen LogP contribution in [0.2, 0.25) is 0 Å². The molecule has 0 heterocycles. The first-order valence-corrected chi connectivity index (χ1v) is 5.10. The number of anilines is 1. The van der Waals surface area contributed by atoms with Crippen LogP contribution in [0, 0.1) is 11.6 Å². The highest BCUT2D eigenvalue weighted by Crippen LogP contribution is 2.21. The molecule has 5 nitrogen and oxygen atoms in total. The van der Waals surface area contributed by atoms with E-state index in [1.165, 1.54) is 0 Å². The lowest BCUT2D eigenvalue weighted by Gasteiger charge is -2.12. The lowest BCUT2D eigenvalue weighted by atomic mass is 10.1. The number of hydrogen-bond acceptors (Lipinski definition) is 5. The maximum Gasteiger partial charge on any atom is 0.343 e. The van der Waals surface area contributed by atoms with Gasteiger partial charge < -0.3 is 20.3 Å². The Labute approximate surface area is 102 Å². The van der Waals surface area contributed by atoms with E-state index in [4.69, 9.17) is 10.2 Å². The van der Waals surface area contributed by atoms with Crippen LogP contribution in [-0.2, 0) is 4.74 Å². The number of halogens is 2. The van der Waals surface area contributed by atoms with Gasteiger partial charge in [-0.05, 0) is 12.1 Å². The average molecular weight is 261 g/mol. The summed E-state index contributed by atoms with van der Waals surface area (Å²) >= 11 is 0. The number of benzene rings is 1. The molecule has 1 rings (SSSR count). The van der Waals surface area contributed by atoms with Crippen molar-refractivity contribution in [1.82, 2.24) is 0 Å². The molecule has 1 aromatic carbocycles. The molecular weight excluding hydrogens is 248 g/mol. The number of aliphatic hydroxyl groups excluding tert-OH is 2. The van der Waals surface area contributed by atoms with Crippen LogP contribution < -0.4 is 5.32 Å². The Hall–Kier alpha value is -1.73. The van der Waals surface area contributed by atoms with Gasteiger partial charge in [-0.15, -0.1) is 0 Å². The van der Waals surface area contributed by atoms with E-state index in [0.29, 0.717) is 0 Å². The van der Waals surface area contributed by atoms with Crippen LogP contribution in [0.3, 0.4) is 0 Å². The minimum absolute atomic E-state index is 0.139. The Kier molecular flexibility index (Phi) is 4.99. The van der Waals surface area contributed by atoms with Crippen LogP contribution in [0.4, 0.5) is 14.5 Å². The summed E-state index contributed by atoms with van der Waals surface area (Å²) in [6.07, 6.45) is -1.09. The van der Waals surface area contributed by atoms with Crippen LogP contribution in [0.5, 0.6) is 0 Å². The number of hydrogen-bond donors (Lipinski definition) is 3. The zero-order chi connectivity index (χ0) is 13.7. The zero-order valence-corrected chi connectivity index (χ0v) is 9.61. The van der Waals surface area contributed by atoms with Gasteiger partial charge >= 0.3 is 5.97 Å². The molecule has 3 N–H and O–H groups in total. The van der Waals surface area contributed by atoms with E-state index in [2.05, 4.69) is 10.1 Å². The summed E-state index contributed by atoms with van der Waals surface area (Å²) < 4.78 is 31.3. The Morgan fingerprint density at radius 2 is 2.17 bits per heavy atom. The van der Waals surface area contributed by atoms with Crippen molar-refractivity contribution in [3.63, 3.8) is 0 Å². The van der Waals surface area contributed by atoms with Crippen LogP contribution in [0.25, 0.3) is 0 Å². The Morgan fingerprint density at radius 1 is 1.50 bits per heavy atom. The van der Waals surface area contributed by atoms with Gasteiger partial charge in [0.2, 0.25) is 0 Å². The summed E-state index contributed by atoms with van der Waals surface area (Å²) in [5.41, 5.74) is -0.967. The second kappa shape index (κ2) is 6.27. The van der Waals surface area contributed by atoms with Gasteiger partial charge in [-0.2, -0.15) is 0 Å². The summed E-state index contributed by atoms with van der Waals surface area (Å²) in [6, 6.07) is 1.99. The van der Waals surface area contributed by atoms with Gasteiger partial charge in [0.15, 0.2) is 5.82 Å². The van der Waals surface area contributed by atoms with E-state index in [1.54, 1.807) is 0 Å². The first-order valence-electron chi connectivity index (χ1n) is 5.10. The molecule has 1 atom stereocenters. The quantitative estimate of drug-likeness (QED) is 0.673. The fourth-order valence-electron chi connectivity index (χ4n) is 1.27. The van der Waals surface area contributed by atoms with Crippen molar-refractivity contribution in [3.05, 3.63) is 29.3 Å². The van der Waals surface area contributed by atoms with Crippen molar-refractivity contribution in [3.8, 4) is 0 Å². The molecule has 18 heavy (non-hydrogen) atoms. The predicted octanol–water partition coefficient (Wildman–Crippen LogP) is 0.516. The highest BCUT2D eigenvalue weighted by atomic mass is 19.1. The van der Waals surface area contributed by atoms with Crippen LogP contribution >= 0.6 is 0 Å². The fourth-order valence-corrected chi connectivity index (χ4v) is 1.27. The Balaban J connectivity index is 2.98. The molecule has 1 unspecified atom stereocenters. The first kappa shape index (κ1) is 14.3. The largest absolute Gasteiger partial charge is 0.465 e. The van der Waals surface area contributed by atoms with Gasteiger partial charge in [0.25, 0.3) is 0 Å². The van der Waals surface area contributed by atoms with E-state index in [1.807, 2.05) is 0 Å². The number of esters is 1. The Morgan fingerprint density at radius 3 is 2.72 bits per heavy atom. The number of aliphatic hydroxyl groups is 2. The van der Waals surface area contributed by atoms with Crippen molar-refractivity contribution in [2.24, 2.45) is 0 Å².